The molecule has 0 aliphatic heterocycles. The van der Waals surface area contributed by atoms with Gasteiger partial charge in [-0.05, 0) is 5.56 Å². The van der Waals surface area contributed by atoms with E-state index in [0.29, 0.717) is 12.1 Å². The number of hydrogen-bond donors (Lipinski definition) is 2. The van der Waals surface area contributed by atoms with Crippen LogP contribution in [0.2, 0.25) is 0 Å². The molecule has 0 saturated heterocycles. The molecule has 4 heteroatoms. The van der Waals surface area contributed by atoms with Crippen LogP contribution in [0.4, 0.5) is 0 Å². The molecule has 15 heavy (non-hydrogen) atoms. The first-order valence-corrected chi connectivity index (χ1v) is 4.62. The van der Waals surface area contributed by atoms with E-state index < -0.39 is 0 Å². The maximum absolute atomic E-state index is 10.4. The summed E-state index contributed by atoms with van der Waals surface area (Å²) in [5.74, 6) is 0.302. The van der Waals surface area contributed by atoms with Crippen LogP contribution in [0.25, 0.3) is 0 Å². The first-order chi connectivity index (χ1) is 7.31. The summed E-state index contributed by atoms with van der Waals surface area (Å²) in [5.41, 5.74) is 7.72. The summed E-state index contributed by atoms with van der Waals surface area (Å²) in [4.78, 5) is 17.2. The molecule has 0 amide bonds. The molecule has 0 aliphatic carbocycles. The fraction of sp³-hybridized carbons (Fsp3) is 0.0909. The van der Waals surface area contributed by atoms with E-state index in [-0.39, 0.29) is 6.04 Å². The lowest BCUT2D eigenvalue weighted by molar-refractivity contribution is 0.111. The quantitative estimate of drug-likeness (QED) is 0.734. The number of aldehydes is 1. The van der Waals surface area contributed by atoms with Crippen LogP contribution >= 0.6 is 0 Å². The summed E-state index contributed by atoms with van der Waals surface area (Å²) in [6.45, 7) is 0. The van der Waals surface area contributed by atoms with E-state index in [4.69, 9.17) is 5.73 Å². The number of nitrogens with one attached hydrogen (secondary N) is 1. The lowest BCUT2D eigenvalue weighted by Crippen LogP contribution is -2.12. The molecule has 0 fully saturated rings. The van der Waals surface area contributed by atoms with Crippen molar-refractivity contribution in [3.05, 3.63) is 53.6 Å². The van der Waals surface area contributed by atoms with E-state index in [1.807, 2.05) is 30.3 Å². The number of aromatic nitrogens is 2. The van der Waals surface area contributed by atoms with Crippen molar-refractivity contribution in [1.82, 2.24) is 9.97 Å². The standard InChI is InChI=1S/C11H11N3O/c12-11(8-4-2-1-3-5-8)9-6-13-10(7-15)14-9/h1-7,11H,12H2,(H,13,14). The van der Waals surface area contributed by atoms with Crippen LogP contribution in [0.5, 0.6) is 0 Å². The summed E-state index contributed by atoms with van der Waals surface area (Å²) in [5, 5.41) is 0. The summed E-state index contributed by atoms with van der Waals surface area (Å²) in [6, 6.07) is 9.38. The highest BCUT2D eigenvalue weighted by atomic mass is 16.1. The van der Waals surface area contributed by atoms with Gasteiger partial charge in [0, 0.05) is 0 Å². The number of aromatic amines is 1. The van der Waals surface area contributed by atoms with E-state index in [1.54, 1.807) is 6.20 Å². The smallest absolute Gasteiger partial charge is 0.185 e. The molecular weight excluding hydrogens is 190 g/mol. The van der Waals surface area contributed by atoms with Gasteiger partial charge in [-0.1, -0.05) is 30.3 Å². The van der Waals surface area contributed by atoms with Crippen LogP contribution in [0, 0.1) is 0 Å². The molecular formula is C11H11N3O. The van der Waals surface area contributed by atoms with E-state index >= 15 is 0 Å². The first kappa shape index (κ1) is 9.61. The zero-order chi connectivity index (χ0) is 10.7. The van der Waals surface area contributed by atoms with Crippen LogP contribution < -0.4 is 5.73 Å². The average molecular weight is 201 g/mol. The van der Waals surface area contributed by atoms with E-state index in [1.165, 1.54) is 0 Å². The number of carbonyl (C=O) groups is 1. The molecule has 0 spiro atoms. The van der Waals surface area contributed by atoms with Gasteiger partial charge >= 0.3 is 0 Å². The van der Waals surface area contributed by atoms with Gasteiger partial charge < -0.3 is 10.7 Å². The van der Waals surface area contributed by atoms with Gasteiger partial charge in [0.25, 0.3) is 0 Å². The molecule has 0 radical (unpaired) electrons. The van der Waals surface area contributed by atoms with Crippen molar-refractivity contribution in [2.24, 2.45) is 5.73 Å². The third-order valence-electron chi connectivity index (χ3n) is 2.22. The van der Waals surface area contributed by atoms with Crippen molar-refractivity contribution in [2.45, 2.75) is 6.04 Å². The molecule has 1 aromatic heterocycles. The summed E-state index contributed by atoms with van der Waals surface area (Å²) >= 11 is 0. The number of rotatable bonds is 3. The molecule has 1 heterocycles. The lowest BCUT2D eigenvalue weighted by atomic mass is 10.1. The molecule has 1 aromatic carbocycles. The first-order valence-electron chi connectivity index (χ1n) is 4.62. The highest BCUT2D eigenvalue weighted by molar-refractivity contribution is 5.68. The minimum Gasteiger partial charge on any atom is -0.338 e. The van der Waals surface area contributed by atoms with Crippen molar-refractivity contribution in [1.29, 1.82) is 0 Å². The largest absolute Gasteiger partial charge is 0.338 e. The summed E-state index contributed by atoms with van der Waals surface area (Å²) in [6.07, 6.45) is 2.25. The fourth-order valence-corrected chi connectivity index (χ4v) is 1.41. The molecule has 0 saturated carbocycles. The van der Waals surface area contributed by atoms with Gasteiger partial charge in [0.1, 0.15) is 0 Å². The van der Waals surface area contributed by atoms with Gasteiger partial charge in [-0.15, -0.1) is 0 Å². The predicted molar refractivity (Wildman–Crippen MR) is 56.4 cm³/mol. The Labute approximate surface area is 87.1 Å². The van der Waals surface area contributed by atoms with Gasteiger partial charge in [0.15, 0.2) is 12.1 Å². The van der Waals surface area contributed by atoms with Crippen LogP contribution in [-0.2, 0) is 0 Å². The number of carbonyl (C=O) groups excluding carboxylic acids is 1. The number of benzene rings is 1. The third-order valence-corrected chi connectivity index (χ3v) is 2.22. The van der Waals surface area contributed by atoms with Crippen molar-refractivity contribution >= 4 is 6.29 Å². The Hall–Kier alpha value is -1.94. The van der Waals surface area contributed by atoms with Crippen molar-refractivity contribution < 1.29 is 4.79 Å². The Morgan fingerprint density at radius 2 is 2.07 bits per heavy atom. The van der Waals surface area contributed by atoms with Gasteiger partial charge in [-0.25, -0.2) is 4.98 Å². The molecule has 2 rings (SSSR count). The van der Waals surface area contributed by atoms with E-state index in [0.717, 1.165) is 11.3 Å². The minimum absolute atomic E-state index is 0.271. The Morgan fingerprint density at radius 1 is 1.33 bits per heavy atom. The SMILES string of the molecule is NC(c1ccccc1)c1cnc(C=O)[nH]1. The Kier molecular flexibility index (Phi) is 2.60. The highest BCUT2D eigenvalue weighted by Crippen LogP contribution is 2.16. The molecule has 0 bridgehead atoms. The van der Waals surface area contributed by atoms with Crippen LogP contribution in [0.1, 0.15) is 27.9 Å². The molecule has 0 aliphatic rings. The topological polar surface area (TPSA) is 71.8 Å². The molecule has 2 aromatic rings. The predicted octanol–water partition coefficient (Wildman–Crippen LogP) is 1.27. The van der Waals surface area contributed by atoms with Gasteiger partial charge in [-0.3, -0.25) is 4.79 Å². The van der Waals surface area contributed by atoms with Crippen molar-refractivity contribution in [3.8, 4) is 0 Å². The maximum atomic E-state index is 10.4. The number of H-pyrrole nitrogens is 1. The second kappa shape index (κ2) is 4.06. The minimum atomic E-state index is -0.271. The van der Waals surface area contributed by atoms with E-state index in [2.05, 4.69) is 9.97 Å². The second-order valence-electron chi connectivity index (χ2n) is 3.23. The molecule has 1 unspecified atom stereocenters. The number of imidazole rings is 1. The molecule has 1 atom stereocenters. The van der Waals surface area contributed by atoms with Crippen LogP contribution in [0.3, 0.4) is 0 Å². The van der Waals surface area contributed by atoms with Crippen molar-refractivity contribution in [3.63, 3.8) is 0 Å². The molecule has 3 N–H and O–H groups in total. The van der Waals surface area contributed by atoms with Gasteiger partial charge in [0.05, 0.1) is 17.9 Å². The summed E-state index contributed by atoms with van der Waals surface area (Å²) in [7, 11) is 0. The maximum Gasteiger partial charge on any atom is 0.185 e. The normalized spacial score (nSPS) is 12.3. The zero-order valence-corrected chi connectivity index (χ0v) is 8.05. The molecule has 76 valence electrons. The number of nitrogens with two attached hydrogens (primary N) is 1. The molecule has 4 nitrogen and oxygen atoms in total. The number of nitrogens with zero attached hydrogens (tertiary/aromatic N) is 1. The van der Waals surface area contributed by atoms with Gasteiger partial charge in [-0.2, -0.15) is 0 Å². The Balaban J connectivity index is 2.28. The van der Waals surface area contributed by atoms with Crippen LogP contribution in [-0.4, -0.2) is 16.3 Å². The zero-order valence-electron chi connectivity index (χ0n) is 8.05. The van der Waals surface area contributed by atoms with Crippen molar-refractivity contribution in [2.75, 3.05) is 0 Å². The summed E-state index contributed by atoms with van der Waals surface area (Å²) < 4.78 is 0. The highest BCUT2D eigenvalue weighted by Gasteiger charge is 2.10. The van der Waals surface area contributed by atoms with E-state index in [9.17, 15) is 4.79 Å². The monoisotopic (exact) mass is 201 g/mol. The Bertz CT molecular complexity index is 450. The second-order valence-corrected chi connectivity index (χ2v) is 3.23. The Morgan fingerprint density at radius 3 is 2.67 bits per heavy atom. The lowest BCUT2D eigenvalue weighted by Gasteiger charge is -2.08. The van der Waals surface area contributed by atoms with Gasteiger partial charge in [0.2, 0.25) is 0 Å². The number of hydrogen-bond acceptors (Lipinski definition) is 3. The average Bonchev–Trinajstić information content (AvgIpc) is 2.78. The van der Waals surface area contributed by atoms with Crippen LogP contribution in [0.15, 0.2) is 36.5 Å². The fourth-order valence-electron chi connectivity index (χ4n) is 1.41. The third kappa shape index (κ3) is 1.94.